The Morgan fingerprint density at radius 2 is 1.82 bits per heavy atom. The first-order chi connectivity index (χ1) is 15.7. The molecule has 1 aliphatic rings. The number of hydrogen-bond acceptors (Lipinski definition) is 6. The summed E-state index contributed by atoms with van der Waals surface area (Å²) in [4.78, 5) is 17.9. The number of thiazole rings is 1. The van der Waals surface area contributed by atoms with E-state index in [1.54, 1.807) is 7.11 Å². The van der Waals surface area contributed by atoms with Crippen molar-refractivity contribution in [2.24, 2.45) is 4.99 Å². The molecule has 2 atom stereocenters. The SMILES string of the molecule is CCn1c(=NC(=O)c2ccc(S(=O)(=O)N3C[C@H](C)O[C@@H](C)C3)cc2)sc2cc(OC)ccc21. The summed E-state index contributed by atoms with van der Waals surface area (Å²) in [6, 6.07) is 11.7. The minimum Gasteiger partial charge on any atom is -0.497 e. The van der Waals surface area contributed by atoms with E-state index in [4.69, 9.17) is 9.47 Å². The minimum absolute atomic E-state index is 0.151. The van der Waals surface area contributed by atoms with Crippen LogP contribution in [0.5, 0.6) is 5.75 Å². The van der Waals surface area contributed by atoms with E-state index in [9.17, 15) is 13.2 Å². The van der Waals surface area contributed by atoms with Crippen LogP contribution in [0.2, 0.25) is 0 Å². The number of benzene rings is 2. The molecule has 0 unspecified atom stereocenters. The van der Waals surface area contributed by atoms with Gasteiger partial charge >= 0.3 is 0 Å². The van der Waals surface area contributed by atoms with E-state index >= 15 is 0 Å². The molecule has 0 saturated carbocycles. The molecule has 1 amide bonds. The molecular formula is C23H27N3O5S2. The topological polar surface area (TPSA) is 90.2 Å². The number of aromatic nitrogens is 1. The van der Waals surface area contributed by atoms with Crippen LogP contribution < -0.4 is 9.54 Å². The number of amides is 1. The highest BCUT2D eigenvalue weighted by Gasteiger charge is 2.32. The van der Waals surface area contributed by atoms with Crippen molar-refractivity contribution in [3.8, 4) is 5.75 Å². The standard InChI is InChI=1S/C23H27N3O5S2/c1-5-26-20-11-8-18(30-4)12-21(20)32-23(26)24-22(27)17-6-9-19(10-7-17)33(28,29)25-13-15(2)31-16(3)14-25/h6-12,15-16H,5,13-14H2,1-4H3/t15-,16-/m0/s1. The van der Waals surface area contributed by atoms with E-state index in [-0.39, 0.29) is 17.1 Å². The Balaban J connectivity index is 1.62. The molecule has 0 radical (unpaired) electrons. The molecule has 0 spiro atoms. The molecular weight excluding hydrogens is 462 g/mol. The van der Waals surface area contributed by atoms with E-state index in [2.05, 4.69) is 4.99 Å². The molecule has 1 fully saturated rings. The summed E-state index contributed by atoms with van der Waals surface area (Å²) in [5.74, 6) is 0.319. The van der Waals surface area contributed by atoms with Crippen LogP contribution >= 0.6 is 11.3 Å². The van der Waals surface area contributed by atoms with Crippen molar-refractivity contribution in [3.63, 3.8) is 0 Å². The third-order valence-corrected chi connectivity index (χ3v) is 8.42. The van der Waals surface area contributed by atoms with Crippen molar-refractivity contribution in [1.29, 1.82) is 0 Å². The van der Waals surface area contributed by atoms with Gasteiger partial charge in [0.25, 0.3) is 5.91 Å². The quantitative estimate of drug-likeness (QED) is 0.549. The van der Waals surface area contributed by atoms with Crippen molar-refractivity contribution < 1.29 is 22.7 Å². The van der Waals surface area contributed by atoms with Crippen molar-refractivity contribution >= 4 is 37.5 Å². The van der Waals surface area contributed by atoms with Crippen LogP contribution in [-0.4, -0.2) is 55.6 Å². The summed E-state index contributed by atoms with van der Waals surface area (Å²) in [6.07, 6.45) is -0.343. The van der Waals surface area contributed by atoms with Crippen molar-refractivity contribution in [2.75, 3.05) is 20.2 Å². The van der Waals surface area contributed by atoms with Gasteiger partial charge in [0, 0.05) is 25.2 Å². The Morgan fingerprint density at radius 3 is 2.42 bits per heavy atom. The summed E-state index contributed by atoms with van der Waals surface area (Å²) in [6.45, 7) is 6.97. The molecule has 176 valence electrons. The predicted molar refractivity (Wildman–Crippen MR) is 127 cm³/mol. The first-order valence-electron chi connectivity index (χ1n) is 10.7. The number of nitrogens with zero attached hydrogens (tertiary/aromatic N) is 3. The molecule has 4 rings (SSSR count). The van der Waals surface area contributed by atoms with Gasteiger partial charge in [0.2, 0.25) is 10.0 Å². The van der Waals surface area contributed by atoms with Gasteiger partial charge in [-0.3, -0.25) is 4.79 Å². The molecule has 8 nitrogen and oxygen atoms in total. The van der Waals surface area contributed by atoms with Crippen LogP contribution in [-0.2, 0) is 21.3 Å². The van der Waals surface area contributed by atoms with Gasteiger partial charge in [-0.1, -0.05) is 11.3 Å². The summed E-state index contributed by atoms with van der Waals surface area (Å²) in [5, 5.41) is 0. The lowest BCUT2D eigenvalue weighted by Crippen LogP contribution is -2.48. The number of carbonyl (C=O) groups is 1. The van der Waals surface area contributed by atoms with E-state index in [0.717, 1.165) is 16.0 Å². The number of aryl methyl sites for hydroxylation is 1. The smallest absolute Gasteiger partial charge is 0.279 e. The van der Waals surface area contributed by atoms with Gasteiger partial charge in [-0.15, -0.1) is 0 Å². The molecule has 33 heavy (non-hydrogen) atoms. The Morgan fingerprint density at radius 1 is 1.15 bits per heavy atom. The zero-order valence-corrected chi connectivity index (χ0v) is 20.6. The minimum atomic E-state index is -3.67. The van der Waals surface area contributed by atoms with Gasteiger partial charge in [0.15, 0.2) is 4.80 Å². The lowest BCUT2D eigenvalue weighted by atomic mass is 10.2. The number of methoxy groups -OCH3 is 1. The van der Waals surface area contributed by atoms with Gasteiger partial charge in [-0.05, 0) is 63.2 Å². The fourth-order valence-electron chi connectivity index (χ4n) is 3.97. The fraction of sp³-hybridized carbons (Fsp3) is 0.391. The number of ether oxygens (including phenoxy) is 2. The monoisotopic (exact) mass is 489 g/mol. The lowest BCUT2D eigenvalue weighted by Gasteiger charge is -2.34. The van der Waals surface area contributed by atoms with Crippen LogP contribution in [0.4, 0.5) is 0 Å². The Labute approximate surface area is 197 Å². The molecule has 0 bridgehead atoms. The third-order valence-electron chi connectivity index (χ3n) is 5.53. The number of rotatable bonds is 5. The Bertz CT molecular complexity index is 1330. The Kier molecular flexibility index (Phi) is 6.71. The summed E-state index contributed by atoms with van der Waals surface area (Å²) >= 11 is 1.41. The van der Waals surface area contributed by atoms with Crippen LogP contribution in [0, 0.1) is 0 Å². The molecule has 0 N–H and O–H groups in total. The molecule has 1 aromatic heterocycles. The van der Waals surface area contributed by atoms with E-state index in [1.165, 1.54) is 39.9 Å². The highest BCUT2D eigenvalue weighted by atomic mass is 32.2. The summed E-state index contributed by atoms with van der Waals surface area (Å²) in [7, 11) is -2.05. The number of carbonyl (C=O) groups excluding carboxylic acids is 1. The van der Waals surface area contributed by atoms with E-state index < -0.39 is 15.9 Å². The van der Waals surface area contributed by atoms with Crippen LogP contribution in [0.25, 0.3) is 10.2 Å². The zero-order valence-electron chi connectivity index (χ0n) is 19.0. The van der Waals surface area contributed by atoms with Crippen LogP contribution in [0.1, 0.15) is 31.1 Å². The molecule has 0 aliphatic carbocycles. The first-order valence-corrected chi connectivity index (χ1v) is 13.0. The van der Waals surface area contributed by atoms with E-state index in [1.807, 2.05) is 43.5 Å². The van der Waals surface area contributed by atoms with Crippen LogP contribution in [0.15, 0.2) is 52.4 Å². The van der Waals surface area contributed by atoms with Crippen LogP contribution in [0.3, 0.4) is 0 Å². The lowest BCUT2D eigenvalue weighted by molar-refractivity contribution is -0.0440. The zero-order chi connectivity index (χ0) is 23.8. The second-order valence-electron chi connectivity index (χ2n) is 7.98. The first kappa shape index (κ1) is 23.6. The molecule has 2 heterocycles. The average Bonchev–Trinajstić information content (AvgIpc) is 3.14. The highest BCUT2D eigenvalue weighted by Crippen LogP contribution is 2.24. The van der Waals surface area contributed by atoms with Gasteiger partial charge < -0.3 is 14.0 Å². The molecule has 1 aliphatic heterocycles. The predicted octanol–water partition coefficient (Wildman–Crippen LogP) is 3.27. The number of sulfonamides is 1. The summed E-state index contributed by atoms with van der Waals surface area (Å²) < 4.78 is 41.4. The van der Waals surface area contributed by atoms with Crippen molar-refractivity contribution in [1.82, 2.24) is 8.87 Å². The van der Waals surface area contributed by atoms with Crippen molar-refractivity contribution in [2.45, 2.75) is 44.4 Å². The maximum atomic E-state index is 13.0. The third kappa shape index (κ3) is 4.74. The maximum absolute atomic E-state index is 13.0. The van der Waals surface area contributed by atoms with Gasteiger partial charge in [0.1, 0.15) is 5.75 Å². The molecule has 3 aromatic rings. The second-order valence-corrected chi connectivity index (χ2v) is 10.9. The van der Waals surface area contributed by atoms with Crippen molar-refractivity contribution in [3.05, 3.63) is 52.8 Å². The number of hydrogen-bond donors (Lipinski definition) is 0. The highest BCUT2D eigenvalue weighted by molar-refractivity contribution is 7.89. The molecule has 10 heteroatoms. The van der Waals surface area contributed by atoms with E-state index in [0.29, 0.717) is 30.0 Å². The number of morpholine rings is 1. The largest absolute Gasteiger partial charge is 0.497 e. The maximum Gasteiger partial charge on any atom is 0.279 e. The fourth-order valence-corrected chi connectivity index (χ4v) is 6.68. The second kappa shape index (κ2) is 9.38. The summed E-state index contributed by atoms with van der Waals surface area (Å²) in [5.41, 5.74) is 1.31. The molecule has 1 saturated heterocycles. The van der Waals surface area contributed by atoms with Gasteiger partial charge in [0.05, 0.1) is 34.4 Å². The number of fused-ring (bicyclic) bond motifs is 1. The van der Waals surface area contributed by atoms with Gasteiger partial charge in [-0.25, -0.2) is 8.42 Å². The normalized spacial score (nSPS) is 20.3. The van der Waals surface area contributed by atoms with Gasteiger partial charge in [-0.2, -0.15) is 9.30 Å². The molecule has 2 aromatic carbocycles. The Hall–Kier alpha value is -2.53. The average molecular weight is 490 g/mol.